The van der Waals surface area contributed by atoms with Crippen molar-refractivity contribution in [3.63, 3.8) is 0 Å². The van der Waals surface area contributed by atoms with Crippen LogP contribution in [0.3, 0.4) is 0 Å². The molecule has 1 aromatic rings. The molecule has 88 valence electrons. The summed E-state index contributed by atoms with van der Waals surface area (Å²) in [5.74, 6) is 0.877. The second-order valence-electron chi connectivity index (χ2n) is 3.95. The van der Waals surface area contributed by atoms with Crippen molar-refractivity contribution in [3.8, 4) is 0 Å². The van der Waals surface area contributed by atoms with E-state index < -0.39 is 0 Å². The molecule has 0 unspecified atom stereocenters. The monoisotopic (exact) mass is 222 g/mol. The van der Waals surface area contributed by atoms with Crippen molar-refractivity contribution in [2.45, 2.75) is 13.5 Å². The third kappa shape index (κ3) is 2.48. The molecule has 0 spiro atoms. The average Bonchev–Trinajstić information content (AvgIpc) is 2.39. The summed E-state index contributed by atoms with van der Waals surface area (Å²) < 4.78 is 0. The zero-order chi connectivity index (χ0) is 11.4. The predicted molar refractivity (Wildman–Crippen MR) is 62.3 cm³/mol. The molecule has 1 saturated heterocycles. The molecule has 2 heterocycles. The smallest absolute Gasteiger partial charge is 0.147 e. The van der Waals surface area contributed by atoms with Gasteiger partial charge in [-0.2, -0.15) is 0 Å². The summed E-state index contributed by atoms with van der Waals surface area (Å²) in [4.78, 5) is 13.1. The van der Waals surface area contributed by atoms with Crippen molar-refractivity contribution in [3.05, 3.63) is 18.1 Å². The van der Waals surface area contributed by atoms with Gasteiger partial charge in [0.25, 0.3) is 0 Å². The number of piperazine rings is 1. The maximum Gasteiger partial charge on any atom is 0.147 e. The Morgan fingerprint density at radius 1 is 1.25 bits per heavy atom. The number of rotatable bonds is 3. The average molecular weight is 222 g/mol. The predicted octanol–water partition coefficient (Wildman–Crippen LogP) is 0.111. The van der Waals surface area contributed by atoms with Crippen molar-refractivity contribution in [2.75, 3.05) is 37.6 Å². The summed E-state index contributed by atoms with van der Waals surface area (Å²) >= 11 is 0. The molecular weight excluding hydrogens is 204 g/mol. The lowest BCUT2D eigenvalue weighted by molar-refractivity contribution is 0.268. The lowest BCUT2D eigenvalue weighted by Gasteiger charge is -2.34. The number of aliphatic hydroxyl groups excluding tert-OH is 1. The largest absolute Gasteiger partial charge is 0.390 e. The Kier molecular flexibility index (Phi) is 3.69. The highest BCUT2D eigenvalue weighted by Gasteiger charge is 2.16. The van der Waals surface area contributed by atoms with Gasteiger partial charge >= 0.3 is 0 Å². The highest BCUT2D eigenvalue weighted by atomic mass is 16.3. The molecule has 0 radical (unpaired) electrons. The van der Waals surface area contributed by atoms with E-state index in [-0.39, 0.29) is 6.61 Å². The topological polar surface area (TPSA) is 52.5 Å². The highest BCUT2D eigenvalue weighted by Crippen LogP contribution is 2.12. The van der Waals surface area contributed by atoms with E-state index in [1.165, 1.54) is 0 Å². The summed E-state index contributed by atoms with van der Waals surface area (Å²) in [6.45, 7) is 7.35. The molecule has 0 aromatic carbocycles. The first kappa shape index (κ1) is 11.3. The number of aromatic nitrogens is 2. The van der Waals surface area contributed by atoms with Crippen molar-refractivity contribution in [1.29, 1.82) is 0 Å². The van der Waals surface area contributed by atoms with Gasteiger partial charge in [-0.25, -0.2) is 4.98 Å². The molecule has 0 atom stereocenters. The Labute approximate surface area is 95.7 Å². The van der Waals surface area contributed by atoms with Gasteiger partial charge in [0, 0.05) is 26.2 Å². The van der Waals surface area contributed by atoms with E-state index >= 15 is 0 Å². The fraction of sp³-hybridized carbons (Fsp3) is 0.636. The molecule has 5 heteroatoms. The van der Waals surface area contributed by atoms with Gasteiger partial charge in [-0.1, -0.05) is 6.92 Å². The number of aliphatic hydroxyl groups is 1. The normalized spacial score (nSPS) is 17.8. The van der Waals surface area contributed by atoms with E-state index in [1.807, 2.05) is 0 Å². The second kappa shape index (κ2) is 5.23. The van der Waals surface area contributed by atoms with Gasteiger partial charge in [-0.05, 0) is 6.54 Å². The first-order valence-corrected chi connectivity index (χ1v) is 5.72. The molecule has 1 N–H and O–H groups in total. The first-order valence-electron chi connectivity index (χ1n) is 5.72. The summed E-state index contributed by atoms with van der Waals surface area (Å²) in [7, 11) is 0. The standard InChI is InChI=1S/C11H18N4O/c1-2-14-3-5-15(6-4-14)11-8-12-7-10(9-16)13-11/h7-8,16H,2-6,9H2,1H3. The van der Waals surface area contributed by atoms with Crippen LogP contribution in [0, 0.1) is 0 Å². The maximum atomic E-state index is 9.01. The molecule has 0 saturated carbocycles. The van der Waals surface area contributed by atoms with Crippen LogP contribution in [0.25, 0.3) is 0 Å². The van der Waals surface area contributed by atoms with Crippen LogP contribution in [0.2, 0.25) is 0 Å². The molecule has 1 aromatic heterocycles. The Balaban J connectivity index is 2.02. The highest BCUT2D eigenvalue weighted by molar-refractivity contribution is 5.36. The Morgan fingerprint density at radius 2 is 2.00 bits per heavy atom. The molecule has 2 rings (SSSR count). The van der Waals surface area contributed by atoms with Crippen LogP contribution in [-0.4, -0.2) is 52.7 Å². The Morgan fingerprint density at radius 3 is 2.62 bits per heavy atom. The number of hydrogen-bond acceptors (Lipinski definition) is 5. The van der Waals surface area contributed by atoms with Crippen LogP contribution < -0.4 is 4.90 Å². The molecule has 5 nitrogen and oxygen atoms in total. The minimum absolute atomic E-state index is 0.0459. The molecule has 0 amide bonds. The van der Waals surface area contributed by atoms with Crippen molar-refractivity contribution in [2.24, 2.45) is 0 Å². The maximum absolute atomic E-state index is 9.01. The van der Waals surface area contributed by atoms with E-state index in [0.29, 0.717) is 5.69 Å². The van der Waals surface area contributed by atoms with Crippen molar-refractivity contribution < 1.29 is 5.11 Å². The van der Waals surface area contributed by atoms with E-state index in [0.717, 1.165) is 38.5 Å². The zero-order valence-corrected chi connectivity index (χ0v) is 9.63. The third-order valence-electron chi connectivity index (χ3n) is 2.98. The van der Waals surface area contributed by atoms with Gasteiger partial charge in [0.1, 0.15) is 5.82 Å². The fourth-order valence-electron chi connectivity index (χ4n) is 1.92. The van der Waals surface area contributed by atoms with E-state index in [9.17, 15) is 0 Å². The lowest BCUT2D eigenvalue weighted by atomic mass is 10.3. The van der Waals surface area contributed by atoms with E-state index in [2.05, 4.69) is 26.7 Å². The molecule has 1 aliphatic rings. The minimum Gasteiger partial charge on any atom is -0.390 e. The number of anilines is 1. The van der Waals surface area contributed by atoms with Crippen LogP contribution in [-0.2, 0) is 6.61 Å². The van der Waals surface area contributed by atoms with Crippen LogP contribution in [0.5, 0.6) is 0 Å². The van der Waals surface area contributed by atoms with Crippen LogP contribution in [0.1, 0.15) is 12.6 Å². The summed E-state index contributed by atoms with van der Waals surface area (Å²) in [5.41, 5.74) is 0.635. The lowest BCUT2D eigenvalue weighted by Crippen LogP contribution is -2.46. The quantitative estimate of drug-likeness (QED) is 0.786. The number of hydrogen-bond donors (Lipinski definition) is 1. The van der Waals surface area contributed by atoms with Crippen LogP contribution in [0.4, 0.5) is 5.82 Å². The van der Waals surface area contributed by atoms with Crippen molar-refractivity contribution >= 4 is 5.82 Å². The summed E-state index contributed by atoms with van der Waals surface area (Å²) in [5, 5.41) is 9.01. The number of nitrogens with zero attached hydrogens (tertiary/aromatic N) is 4. The molecule has 0 bridgehead atoms. The van der Waals surface area contributed by atoms with Crippen LogP contribution in [0.15, 0.2) is 12.4 Å². The molecule has 16 heavy (non-hydrogen) atoms. The van der Waals surface area contributed by atoms with Gasteiger partial charge in [0.2, 0.25) is 0 Å². The summed E-state index contributed by atoms with van der Waals surface area (Å²) in [6.07, 6.45) is 3.37. The molecule has 1 aliphatic heterocycles. The Bertz CT molecular complexity index is 337. The van der Waals surface area contributed by atoms with Gasteiger partial charge in [0.05, 0.1) is 24.7 Å². The van der Waals surface area contributed by atoms with E-state index in [4.69, 9.17) is 5.11 Å². The van der Waals surface area contributed by atoms with Crippen molar-refractivity contribution in [1.82, 2.24) is 14.9 Å². The van der Waals surface area contributed by atoms with Crippen LogP contribution >= 0.6 is 0 Å². The first-order chi connectivity index (χ1) is 7.83. The SMILES string of the molecule is CCN1CCN(c2cncc(CO)n2)CC1. The minimum atomic E-state index is -0.0459. The zero-order valence-electron chi connectivity index (χ0n) is 9.63. The molecule has 0 aliphatic carbocycles. The third-order valence-corrected chi connectivity index (χ3v) is 2.98. The summed E-state index contributed by atoms with van der Waals surface area (Å²) in [6, 6.07) is 0. The van der Waals surface area contributed by atoms with Gasteiger partial charge < -0.3 is 14.9 Å². The van der Waals surface area contributed by atoms with Gasteiger partial charge in [-0.3, -0.25) is 4.98 Å². The molecule has 1 fully saturated rings. The van der Waals surface area contributed by atoms with E-state index in [1.54, 1.807) is 12.4 Å². The number of likely N-dealkylation sites (N-methyl/N-ethyl adjacent to an activating group) is 1. The second-order valence-corrected chi connectivity index (χ2v) is 3.95. The van der Waals surface area contributed by atoms with Gasteiger partial charge in [-0.15, -0.1) is 0 Å². The Hall–Kier alpha value is -1.20. The van der Waals surface area contributed by atoms with Gasteiger partial charge in [0.15, 0.2) is 0 Å². The molecular formula is C11H18N4O. The fourth-order valence-corrected chi connectivity index (χ4v) is 1.92.